The van der Waals surface area contributed by atoms with Crippen molar-refractivity contribution in [3.63, 3.8) is 0 Å². The maximum atomic E-state index is 6.09. The van der Waals surface area contributed by atoms with Gasteiger partial charge in [-0.15, -0.1) is 0 Å². The highest BCUT2D eigenvalue weighted by molar-refractivity contribution is 9.10. The number of hydrogen-bond acceptors (Lipinski definition) is 3. The SMILES string of the molecule is Cc1ccc(Cl)cc1-c1onc(N)c1-c1ccc(Br)cc1. The molecule has 0 saturated heterocycles. The predicted octanol–water partition coefficient (Wildman–Crippen LogP) is 5.32. The predicted molar refractivity (Wildman–Crippen MR) is 89.2 cm³/mol. The van der Waals surface area contributed by atoms with Gasteiger partial charge in [0.1, 0.15) is 0 Å². The Morgan fingerprint density at radius 3 is 2.57 bits per heavy atom. The quantitative estimate of drug-likeness (QED) is 0.671. The summed E-state index contributed by atoms with van der Waals surface area (Å²) >= 11 is 9.52. The number of halogens is 2. The van der Waals surface area contributed by atoms with Crippen molar-refractivity contribution in [3.05, 3.63) is 57.5 Å². The maximum Gasteiger partial charge on any atom is 0.177 e. The lowest BCUT2D eigenvalue weighted by molar-refractivity contribution is 0.436. The van der Waals surface area contributed by atoms with E-state index in [0.717, 1.165) is 26.7 Å². The smallest absolute Gasteiger partial charge is 0.177 e. The number of anilines is 1. The lowest BCUT2D eigenvalue weighted by Crippen LogP contribution is -1.90. The average Bonchev–Trinajstić information content (AvgIpc) is 2.84. The van der Waals surface area contributed by atoms with Crippen LogP contribution in [0.25, 0.3) is 22.5 Å². The van der Waals surface area contributed by atoms with E-state index < -0.39 is 0 Å². The van der Waals surface area contributed by atoms with Crippen molar-refractivity contribution in [2.45, 2.75) is 6.92 Å². The summed E-state index contributed by atoms with van der Waals surface area (Å²) < 4.78 is 6.46. The molecule has 106 valence electrons. The molecule has 0 bridgehead atoms. The lowest BCUT2D eigenvalue weighted by Gasteiger charge is -2.06. The van der Waals surface area contributed by atoms with E-state index in [-0.39, 0.29) is 0 Å². The van der Waals surface area contributed by atoms with E-state index in [1.54, 1.807) is 0 Å². The van der Waals surface area contributed by atoms with E-state index in [0.29, 0.717) is 16.6 Å². The van der Waals surface area contributed by atoms with Crippen LogP contribution in [0.4, 0.5) is 5.82 Å². The van der Waals surface area contributed by atoms with Crippen molar-refractivity contribution in [2.75, 3.05) is 5.73 Å². The average molecular weight is 364 g/mol. The molecule has 0 spiro atoms. The molecular weight excluding hydrogens is 352 g/mol. The number of nitrogens with two attached hydrogens (primary N) is 1. The van der Waals surface area contributed by atoms with E-state index in [1.165, 1.54) is 0 Å². The molecular formula is C16H12BrClN2O. The summed E-state index contributed by atoms with van der Waals surface area (Å²) in [5.41, 5.74) is 9.67. The topological polar surface area (TPSA) is 52.0 Å². The van der Waals surface area contributed by atoms with Gasteiger partial charge in [0.2, 0.25) is 0 Å². The van der Waals surface area contributed by atoms with Crippen LogP contribution in [0, 0.1) is 6.92 Å². The fourth-order valence-electron chi connectivity index (χ4n) is 2.22. The van der Waals surface area contributed by atoms with E-state index in [9.17, 15) is 0 Å². The van der Waals surface area contributed by atoms with E-state index >= 15 is 0 Å². The molecule has 0 saturated carbocycles. The van der Waals surface area contributed by atoms with Gasteiger partial charge in [-0.3, -0.25) is 0 Å². The van der Waals surface area contributed by atoms with Crippen LogP contribution >= 0.6 is 27.5 Å². The molecule has 0 aliphatic carbocycles. The van der Waals surface area contributed by atoms with Crippen LogP contribution in [0.1, 0.15) is 5.56 Å². The third-order valence-electron chi connectivity index (χ3n) is 3.30. The second kappa shape index (κ2) is 5.54. The Morgan fingerprint density at radius 1 is 1.14 bits per heavy atom. The Balaban J connectivity index is 2.21. The van der Waals surface area contributed by atoms with Crippen molar-refractivity contribution in [3.8, 4) is 22.5 Å². The second-order valence-corrected chi connectivity index (χ2v) is 6.09. The van der Waals surface area contributed by atoms with Gasteiger partial charge in [0.05, 0.1) is 5.56 Å². The summed E-state index contributed by atoms with van der Waals surface area (Å²) in [5.74, 6) is 1.00. The molecule has 5 heteroatoms. The van der Waals surface area contributed by atoms with Crippen LogP contribution in [0.15, 0.2) is 51.5 Å². The first-order chi connectivity index (χ1) is 10.1. The summed E-state index contributed by atoms with van der Waals surface area (Å²) in [6.45, 7) is 2.00. The number of nitrogen functional groups attached to an aromatic ring is 1. The van der Waals surface area contributed by atoms with Crippen LogP contribution in [0.5, 0.6) is 0 Å². The fourth-order valence-corrected chi connectivity index (χ4v) is 2.66. The molecule has 0 atom stereocenters. The zero-order valence-electron chi connectivity index (χ0n) is 11.2. The van der Waals surface area contributed by atoms with Gasteiger partial charge in [-0.1, -0.05) is 50.9 Å². The monoisotopic (exact) mass is 362 g/mol. The van der Waals surface area contributed by atoms with E-state index in [1.807, 2.05) is 49.4 Å². The van der Waals surface area contributed by atoms with Gasteiger partial charge in [-0.2, -0.15) is 0 Å². The molecule has 2 aromatic carbocycles. The van der Waals surface area contributed by atoms with E-state index in [4.69, 9.17) is 21.9 Å². The first-order valence-corrected chi connectivity index (χ1v) is 7.51. The number of nitrogens with zero attached hydrogens (tertiary/aromatic N) is 1. The molecule has 1 aromatic heterocycles. The highest BCUT2D eigenvalue weighted by atomic mass is 79.9. The fraction of sp³-hybridized carbons (Fsp3) is 0.0625. The molecule has 21 heavy (non-hydrogen) atoms. The minimum Gasteiger partial charge on any atom is -0.380 e. The zero-order valence-corrected chi connectivity index (χ0v) is 13.6. The Hall–Kier alpha value is -1.78. The van der Waals surface area contributed by atoms with Gasteiger partial charge < -0.3 is 10.3 Å². The molecule has 0 amide bonds. The molecule has 1 heterocycles. The molecule has 0 unspecified atom stereocenters. The van der Waals surface area contributed by atoms with E-state index in [2.05, 4.69) is 21.1 Å². The van der Waals surface area contributed by atoms with Crippen LogP contribution in [0.3, 0.4) is 0 Å². The van der Waals surface area contributed by atoms with Gasteiger partial charge in [0, 0.05) is 15.1 Å². The summed E-state index contributed by atoms with van der Waals surface area (Å²) in [5, 5.41) is 4.56. The molecule has 2 N–H and O–H groups in total. The highest BCUT2D eigenvalue weighted by Crippen LogP contribution is 2.39. The summed E-state index contributed by atoms with van der Waals surface area (Å²) in [4.78, 5) is 0. The standard InChI is InChI=1S/C16H12BrClN2O/c1-9-2-7-12(18)8-13(9)15-14(16(19)20-21-15)10-3-5-11(17)6-4-10/h2-8H,1H3,(H2,19,20). The Labute approximate surface area is 135 Å². The molecule has 3 rings (SSSR count). The number of aromatic nitrogens is 1. The van der Waals surface area contributed by atoms with Gasteiger partial charge in [0.25, 0.3) is 0 Å². The van der Waals surface area contributed by atoms with Gasteiger partial charge >= 0.3 is 0 Å². The summed E-state index contributed by atoms with van der Waals surface area (Å²) in [6, 6.07) is 13.5. The number of aryl methyl sites for hydroxylation is 1. The van der Waals surface area contributed by atoms with Crippen molar-refractivity contribution in [2.24, 2.45) is 0 Å². The molecule has 0 fully saturated rings. The van der Waals surface area contributed by atoms with Crippen LogP contribution in [-0.2, 0) is 0 Å². The molecule has 0 aliphatic heterocycles. The number of hydrogen-bond donors (Lipinski definition) is 1. The maximum absolute atomic E-state index is 6.09. The van der Waals surface area contributed by atoms with Crippen LogP contribution in [-0.4, -0.2) is 5.16 Å². The normalized spacial score (nSPS) is 10.8. The molecule has 3 nitrogen and oxygen atoms in total. The summed E-state index contributed by atoms with van der Waals surface area (Å²) in [6.07, 6.45) is 0. The lowest BCUT2D eigenvalue weighted by atomic mass is 9.99. The Bertz CT molecular complexity index is 797. The minimum atomic E-state index is 0.367. The van der Waals surface area contributed by atoms with Crippen LogP contribution < -0.4 is 5.73 Å². The van der Waals surface area contributed by atoms with Crippen molar-refractivity contribution in [1.82, 2.24) is 5.16 Å². The van der Waals surface area contributed by atoms with Crippen molar-refractivity contribution in [1.29, 1.82) is 0 Å². The first kappa shape index (κ1) is 14.2. The van der Waals surface area contributed by atoms with Gasteiger partial charge in [-0.05, 0) is 42.3 Å². The molecule has 0 aliphatic rings. The van der Waals surface area contributed by atoms with Crippen LogP contribution in [0.2, 0.25) is 5.02 Å². The summed E-state index contributed by atoms with van der Waals surface area (Å²) in [7, 11) is 0. The zero-order chi connectivity index (χ0) is 15.0. The second-order valence-electron chi connectivity index (χ2n) is 4.74. The largest absolute Gasteiger partial charge is 0.380 e. The minimum absolute atomic E-state index is 0.367. The van der Waals surface area contributed by atoms with Gasteiger partial charge in [-0.25, -0.2) is 0 Å². The first-order valence-electron chi connectivity index (χ1n) is 6.34. The third-order valence-corrected chi connectivity index (χ3v) is 4.06. The van der Waals surface area contributed by atoms with Crippen molar-refractivity contribution >= 4 is 33.3 Å². The molecule has 3 aromatic rings. The Morgan fingerprint density at radius 2 is 1.86 bits per heavy atom. The Kier molecular flexibility index (Phi) is 3.74. The number of rotatable bonds is 2. The van der Waals surface area contributed by atoms with Gasteiger partial charge in [0.15, 0.2) is 11.6 Å². The third kappa shape index (κ3) is 2.69. The number of benzene rings is 2. The van der Waals surface area contributed by atoms with Crippen molar-refractivity contribution < 1.29 is 4.52 Å². The molecule has 0 radical (unpaired) electrons. The highest BCUT2D eigenvalue weighted by Gasteiger charge is 2.19.